The van der Waals surface area contributed by atoms with E-state index in [1.807, 2.05) is 30.3 Å². The summed E-state index contributed by atoms with van der Waals surface area (Å²) in [6, 6.07) is 10.5. The van der Waals surface area contributed by atoms with Gasteiger partial charge in [-0.3, -0.25) is 9.20 Å². The van der Waals surface area contributed by atoms with Gasteiger partial charge in [0.05, 0.1) is 5.56 Å². The molecule has 0 aliphatic heterocycles. The van der Waals surface area contributed by atoms with Gasteiger partial charge in [-0.1, -0.05) is 30.3 Å². The minimum Gasteiger partial charge on any atom is -0.477 e. The van der Waals surface area contributed by atoms with Crippen LogP contribution in [0.25, 0.3) is 16.8 Å². The Hall–Kier alpha value is -3.15. The smallest absolute Gasteiger partial charge is 0.352 e. The number of amides is 1. The van der Waals surface area contributed by atoms with Crippen molar-refractivity contribution in [2.45, 2.75) is 0 Å². The number of carbonyl (C=O) groups is 2. The Balaban J connectivity index is 2.40. The SMILES string of the molecule is NC(=O)c1c(-c2ccccc2)cn2c(C(=O)O)ccnc12. The number of benzene rings is 1. The molecular weight excluding hydrogens is 270 g/mol. The van der Waals surface area contributed by atoms with E-state index in [1.165, 1.54) is 16.7 Å². The zero-order chi connectivity index (χ0) is 15.0. The van der Waals surface area contributed by atoms with Crippen molar-refractivity contribution < 1.29 is 14.7 Å². The van der Waals surface area contributed by atoms with Crippen molar-refractivity contribution in [1.82, 2.24) is 9.38 Å². The van der Waals surface area contributed by atoms with Crippen molar-refractivity contribution in [1.29, 1.82) is 0 Å². The van der Waals surface area contributed by atoms with Crippen LogP contribution in [0, 0.1) is 0 Å². The number of nitrogens with zero attached hydrogens (tertiary/aromatic N) is 2. The van der Waals surface area contributed by atoms with Crippen LogP contribution < -0.4 is 5.73 Å². The molecule has 3 rings (SSSR count). The summed E-state index contributed by atoms with van der Waals surface area (Å²) >= 11 is 0. The number of carbonyl (C=O) groups excluding carboxylic acids is 1. The van der Waals surface area contributed by atoms with Crippen LogP contribution in [0.3, 0.4) is 0 Å². The maximum atomic E-state index is 11.8. The van der Waals surface area contributed by atoms with Gasteiger partial charge >= 0.3 is 5.97 Å². The quantitative estimate of drug-likeness (QED) is 0.764. The summed E-state index contributed by atoms with van der Waals surface area (Å²) in [6.45, 7) is 0. The number of aromatic carboxylic acids is 1. The van der Waals surface area contributed by atoms with Crippen LogP contribution in [-0.4, -0.2) is 26.4 Å². The number of carboxylic acids is 1. The van der Waals surface area contributed by atoms with Crippen LogP contribution in [-0.2, 0) is 0 Å². The Morgan fingerprint density at radius 1 is 1.14 bits per heavy atom. The molecule has 2 heterocycles. The van der Waals surface area contributed by atoms with Crippen molar-refractivity contribution in [3.63, 3.8) is 0 Å². The molecule has 0 fully saturated rings. The van der Waals surface area contributed by atoms with Crippen molar-refractivity contribution in [3.05, 3.63) is 60.0 Å². The van der Waals surface area contributed by atoms with E-state index < -0.39 is 11.9 Å². The molecule has 6 heteroatoms. The molecule has 0 spiro atoms. The van der Waals surface area contributed by atoms with Gasteiger partial charge in [-0.15, -0.1) is 0 Å². The van der Waals surface area contributed by atoms with E-state index in [9.17, 15) is 14.7 Å². The number of hydrogen-bond acceptors (Lipinski definition) is 3. The number of primary amides is 1. The van der Waals surface area contributed by atoms with Crippen LogP contribution in [0.4, 0.5) is 0 Å². The molecule has 0 bridgehead atoms. The summed E-state index contributed by atoms with van der Waals surface area (Å²) in [5, 5.41) is 9.23. The van der Waals surface area contributed by atoms with Gasteiger partial charge in [0.15, 0.2) is 5.65 Å². The summed E-state index contributed by atoms with van der Waals surface area (Å²) < 4.78 is 1.37. The van der Waals surface area contributed by atoms with Crippen molar-refractivity contribution in [2.24, 2.45) is 5.73 Å². The topological polar surface area (TPSA) is 97.7 Å². The molecule has 6 nitrogen and oxygen atoms in total. The van der Waals surface area contributed by atoms with E-state index in [-0.39, 0.29) is 16.9 Å². The Bertz CT molecular complexity index is 853. The fourth-order valence-electron chi connectivity index (χ4n) is 2.32. The van der Waals surface area contributed by atoms with Gasteiger partial charge in [0, 0.05) is 18.0 Å². The van der Waals surface area contributed by atoms with Crippen molar-refractivity contribution >= 4 is 17.5 Å². The van der Waals surface area contributed by atoms with E-state index in [0.29, 0.717) is 5.56 Å². The molecule has 0 saturated heterocycles. The molecule has 0 aliphatic rings. The number of fused-ring (bicyclic) bond motifs is 1. The third-order valence-electron chi connectivity index (χ3n) is 3.22. The predicted octanol–water partition coefficient (Wildman–Crippen LogP) is 1.80. The minimum atomic E-state index is -1.10. The Morgan fingerprint density at radius 2 is 1.86 bits per heavy atom. The second kappa shape index (κ2) is 4.75. The molecular formula is C15H11N3O3. The summed E-state index contributed by atoms with van der Waals surface area (Å²) in [7, 11) is 0. The molecule has 21 heavy (non-hydrogen) atoms. The number of rotatable bonds is 3. The van der Waals surface area contributed by atoms with Gasteiger partial charge in [-0.2, -0.15) is 0 Å². The number of nitrogens with two attached hydrogens (primary N) is 1. The van der Waals surface area contributed by atoms with Crippen molar-refractivity contribution in [2.75, 3.05) is 0 Å². The zero-order valence-electron chi connectivity index (χ0n) is 10.9. The molecule has 0 radical (unpaired) electrons. The van der Waals surface area contributed by atoms with Gasteiger partial charge in [0.2, 0.25) is 0 Å². The zero-order valence-corrected chi connectivity index (χ0v) is 10.9. The highest BCUT2D eigenvalue weighted by molar-refractivity contribution is 6.06. The lowest BCUT2D eigenvalue weighted by molar-refractivity contribution is 0.0688. The average Bonchev–Trinajstić information content (AvgIpc) is 2.87. The van der Waals surface area contributed by atoms with Crippen LogP contribution in [0.5, 0.6) is 0 Å². The first-order valence-corrected chi connectivity index (χ1v) is 6.18. The molecule has 0 saturated carbocycles. The molecule has 1 amide bonds. The highest BCUT2D eigenvalue weighted by Crippen LogP contribution is 2.28. The Morgan fingerprint density at radius 3 is 2.48 bits per heavy atom. The minimum absolute atomic E-state index is 0.0182. The van der Waals surface area contributed by atoms with Crippen LogP contribution in [0.2, 0.25) is 0 Å². The highest BCUT2D eigenvalue weighted by atomic mass is 16.4. The number of carboxylic acid groups (broad SMARTS) is 1. The molecule has 0 unspecified atom stereocenters. The van der Waals surface area contributed by atoms with E-state index >= 15 is 0 Å². The molecule has 0 aliphatic carbocycles. The van der Waals surface area contributed by atoms with E-state index in [2.05, 4.69) is 4.98 Å². The van der Waals surface area contributed by atoms with Gasteiger partial charge in [-0.05, 0) is 11.6 Å². The summed E-state index contributed by atoms with van der Waals surface area (Å²) in [5.74, 6) is -1.75. The predicted molar refractivity (Wildman–Crippen MR) is 76.1 cm³/mol. The summed E-state index contributed by atoms with van der Waals surface area (Å²) in [6.07, 6.45) is 2.92. The fraction of sp³-hybridized carbons (Fsp3) is 0. The van der Waals surface area contributed by atoms with E-state index in [0.717, 1.165) is 5.56 Å². The fourth-order valence-corrected chi connectivity index (χ4v) is 2.32. The van der Waals surface area contributed by atoms with E-state index in [4.69, 9.17) is 5.73 Å². The monoisotopic (exact) mass is 281 g/mol. The van der Waals surface area contributed by atoms with E-state index in [1.54, 1.807) is 6.20 Å². The van der Waals surface area contributed by atoms with Gasteiger partial charge in [-0.25, -0.2) is 9.78 Å². The first-order chi connectivity index (χ1) is 10.1. The second-order valence-electron chi connectivity index (χ2n) is 4.48. The Kier molecular flexibility index (Phi) is 2.91. The summed E-state index contributed by atoms with van der Waals surface area (Å²) in [5.41, 5.74) is 7.25. The average molecular weight is 281 g/mol. The third kappa shape index (κ3) is 2.02. The highest BCUT2D eigenvalue weighted by Gasteiger charge is 2.20. The lowest BCUT2D eigenvalue weighted by Gasteiger charge is -2.00. The lowest BCUT2D eigenvalue weighted by Crippen LogP contribution is -2.13. The lowest BCUT2D eigenvalue weighted by atomic mass is 10.0. The molecule has 3 aromatic rings. The molecule has 2 aromatic heterocycles. The van der Waals surface area contributed by atoms with Gasteiger partial charge in [0.25, 0.3) is 5.91 Å². The maximum Gasteiger partial charge on any atom is 0.352 e. The summed E-state index contributed by atoms with van der Waals surface area (Å²) in [4.78, 5) is 27.1. The first kappa shape index (κ1) is 12.9. The third-order valence-corrected chi connectivity index (χ3v) is 3.22. The second-order valence-corrected chi connectivity index (χ2v) is 4.48. The Labute approximate surface area is 119 Å². The molecule has 3 N–H and O–H groups in total. The van der Waals surface area contributed by atoms with Crippen LogP contribution >= 0.6 is 0 Å². The first-order valence-electron chi connectivity index (χ1n) is 6.18. The molecule has 0 atom stereocenters. The largest absolute Gasteiger partial charge is 0.477 e. The molecule has 104 valence electrons. The van der Waals surface area contributed by atoms with Crippen LogP contribution in [0.15, 0.2) is 48.8 Å². The molecule has 1 aromatic carbocycles. The normalized spacial score (nSPS) is 10.7. The number of aromatic nitrogens is 2. The van der Waals surface area contributed by atoms with Crippen LogP contribution in [0.1, 0.15) is 20.8 Å². The van der Waals surface area contributed by atoms with Crippen molar-refractivity contribution in [3.8, 4) is 11.1 Å². The number of hydrogen-bond donors (Lipinski definition) is 2. The standard InChI is InChI=1S/C15H11N3O3/c16-13(19)12-10(9-4-2-1-3-5-9)8-18-11(15(20)21)6-7-17-14(12)18/h1-8H,(H2,16,19)(H,20,21). The van der Waals surface area contributed by atoms with Gasteiger partial charge < -0.3 is 10.8 Å². The van der Waals surface area contributed by atoms with Gasteiger partial charge in [0.1, 0.15) is 5.69 Å². The maximum absolute atomic E-state index is 11.8.